The predicted molar refractivity (Wildman–Crippen MR) is 47.2 cm³/mol. The molecule has 0 radical (unpaired) electrons. The molecule has 70 valence electrons. The van der Waals surface area contributed by atoms with Gasteiger partial charge < -0.3 is 4.90 Å². The van der Waals surface area contributed by atoms with Crippen LogP contribution in [0.3, 0.4) is 0 Å². The molecule has 1 atom stereocenters. The summed E-state index contributed by atoms with van der Waals surface area (Å²) in [6.07, 6.45) is 0. The molecule has 3 amide bonds. The van der Waals surface area contributed by atoms with Crippen LogP contribution in [0.4, 0.5) is 4.79 Å². The standard InChI is InChI=1S/C7H13ClN2O2/c1-4-10(3)7(12)9-6(11)5(2)8/h5H,4H2,1-3H3,(H,9,11,12). The fourth-order valence-electron chi connectivity index (χ4n) is 0.444. The molecule has 0 aromatic heterocycles. The summed E-state index contributed by atoms with van der Waals surface area (Å²) < 4.78 is 0. The molecule has 4 nitrogen and oxygen atoms in total. The van der Waals surface area contributed by atoms with Crippen LogP contribution in [0.5, 0.6) is 0 Å². The van der Waals surface area contributed by atoms with Gasteiger partial charge in [0.1, 0.15) is 5.38 Å². The number of hydrogen-bond donors (Lipinski definition) is 1. The molecule has 0 bridgehead atoms. The molecule has 0 saturated carbocycles. The molecule has 0 rings (SSSR count). The van der Waals surface area contributed by atoms with Gasteiger partial charge in [-0.15, -0.1) is 11.6 Å². The predicted octanol–water partition coefficient (Wildman–Crippen LogP) is 0.802. The van der Waals surface area contributed by atoms with E-state index in [-0.39, 0.29) is 0 Å². The van der Waals surface area contributed by atoms with E-state index >= 15 is 0 Å². The van der Waals surface area contributed by atoms with Crippen LogP contribution in [-0.2, 0) is 4.79 Å². The summed E-state index contributed by atoms with van der Waals surface area (Å²) in [7, 11) is 1.60. The molecular weight excluding hydrogens is 180 g/mol. The summed E-state index contributed by atoms with van der Waals surface area (Å²) in [5, 5.41) is 1.46. The topological polar surface area (TPSA) is 49.4 Å². The van der Waals surface area contributed by atoms with Gasteiger partial charge in [-0.3, -0.25) is 10.1 Å². The van der Waals surface area contributed by atoms with Crippen LogP contribution in [0.25, 0.3) is 0 Å². The average molecular weight is 193 g/mol. The molecule has 1 unspecified atom stereocenters. The van der Waals surface area contributed by atoms with Gasteiger partial charge in [-0.25, -0.2) is 4.79 Å². The number of carbonyl (C=O) groups excluding carboxylic acids is 2. The van der Waals surface area contributed by atoms with Gasteiger partial charge in [0, 0.05) is 13.6 Å². The van der Waals surface area contributed by atoms with Crippen LogP contribution < -0.4 is 5.32 Å². The zero-order chi connectivity index (χ0) is 9.72. The smallest absolute Gasteiger partial charge is 0.323 e. The minimum Gasteiger partial charge on any atom is -0.328 e. The Labute approximate surface area is 76.9 Å². The largest absolute Gasteiger partial charge is 0.328 e. The van der Waals surface area contributed by atoms with E-state index in [1.165, 1.54) is 11.8 Å². The lowest BCUT2D eigenvalue weighted by atomic mass is 10.4. The highest BCUT2D eigenvalue weighted by molar-refractivity contribution is 6.31. The third-order valence-electron chi connectivity index (χ3n) is 1.41. The van der Waals surface area contributed by atoms with Crippen molar-refractivity contribution < 1.29 is 9.59 Å². The highest BCUT2D eigenvalue weighted by Crippen LogP contribution is 1.93. The van der Waals surface area contributed by atoms with Crippen LogP contribution in [-0.4, -0.2) is 35.8 Å². The zero-order valence-corrected chi connectivity index (χ0v) is 8.18. The van der Waals surface area contributed by atoms with Crippen molar-refractivity contribution in [3.8, 4) is 0 Å². The van der Waals surface area contributed by atoms with Gasteiger partial charge in [0.2, 0.25) is 5.91 Å². The van der Waals surface area contributed by atoms with E-state index in [4.69, 9.17) is 11.6 Å². The Morgan fingerprint density at radius 3 is 2.42 bits per heavy atom. The lowest BCUT2D eigenvalue weighted by Crippen LogP contribution is -2.43. The van der Waals surface area contributed by atoms with Crippen LogP contribution in [0.2, 0.25) is 0 Å². The van der Waals surface area contributed by atoms with Crippen LogP contribution in [0.1, 0.15) is 13.8 Å². The number of hydrogen-bond acceptors (Lipinski definition) is 2. The Kier molecular flexibility index (Phi) is 4.66. The molecule has 1 N–H and O–H groups in total. The molecule has 0 heterocycles. The van der Waals surface area contributed by atoms with E-state index in [0.29, 0.717) is 6.54 Å². The minimum absolute atomic E-state index is 0.421. The first-order valence-electron chi connectivity index (χ1n) is 3.69. The maximum Gasteiger partial charge on any atom is 0.323 e. The molecule has 5 heteroatoms. The number of carbonyl (C=O) groups is 2. The summed E-state index contributed by atoms with van der Waals surface area (Å²) in [6.45, 7) is 3.88. The molecule has 0 aliphatic rings. The second-order valence-electron chi connectivity index (χ2n) is 2.42. The summed E-state index contributed by atoms with van der Waals surface area (Å²) in [4.78, 5) is 23.3. The minimum atomic E-state index is -0.681. The molecule has 0 aromatic rings. The molecule has 0 aromatic carbocycles. The van der Waals surface area contributed by atoms with Crippen molar-refractivity contribution in [2.75, 3.05) is 13.6 Å². The van der Waals surface area contributed by atoms with Gasteiger partial charge in [-0.05, 0) is 13.8 Å². The average Bonchev–Trinajstić information content (AvgIpc) is 2.02. The van der Waals surface area contributed by atoms with E-state index in [2.05, 4.69) is 5.32 Å². The Balaban J connectivity index is 3.93. The Morgan fingerprint density at radius 2 is 2.08 bits per heavy atom. The van der Waals surface area contributed by atoms with E-state index in [1.54, 1.807) is 7.05 Å². The van der Waals surface area contributed by atoms with E-state index < -0.39 is 17.3 Å². The molecule has 0 spiro atoms. The van der Waals surface area contributed by atoms with Gasteiger partial charge in [0.05, 0.1) is 0 Å². The normalized spacial score (nSPS) is 12.0. The van der Waals surface area contributed by atoms with Gasteiger partial charge in [-0.1, -0.05) is 0 Å². The van der Waals surface area contributed by atoms with Crippen molar-refractivity contribution in [2.45, 2.75) is 19.2 Å². The highest BCUT2D eigenvalue weighted by Gasteiger charge is 2.14. The number of imide groups is 1. The van der Waals surface area contributed by atoms with Gasteiger partial charge in [-0.2, -0.15) is 0 Å². The maximum absolute atomic E-state index is 11.0. The van der Waals surface area contributed by atoms with E-state index in [0.717, 1.165) is 0 Å². The van der Waals surface area contributed by atoms with E-state index in [1.807, 2.05) is 6.92 Å². The summed E-state index contributed by atoms with van der Waals surface area (Å²) >= 11 is 5.44. The summed E-state index contributed by atoms with van der Waals surface area (Å²) in [6, 6.07) is -0.421. The molecule has 0 aliphatic heterocycles. The maximum atomic E-state index is 11.0. The number of halogens is 1. The molecule has 0 aliphatic carbocycles. The van der Waals surface area contributed by atoms with Gasteiger partial charge in [0.25, 0.3) is 0 Å². The first-order chi connectivity index (χ1) is 5.49. The highest BCUT2D eigenvalue weighted by atomic mass is 35.5. The van der Waals surface area contributed by atoms with Crippen molar-refractivity contribution in [1.29, 1.82) is 0 Å². The number of nitrogens with zero attached hydrogens (tertiary/aromatic N) is 1. The van der Waals surface area contributed by atoms with Crippen molar-refractivity contribution in [1.82, 2.24) is 10.2 Å². The molecular formula is C7H13ClN2O2. The van der Waals surface area contributed by atoms with Gasteiger partial charge >= 0.3 is 6.03 Å². The van der Waals surface area contributed by atoms with Gasteiger partial charge in [0.15, 0.2) is 0 Å². The second kappa shape index (κ2) is 4.98. The van der Waals surface area contributed by atoms with E-state index in [9.17, 15) is 9.59 Å². The second-order valence-corrected chi connectivity index (χ2v) is 3.08. The Morgan fingerprint density at radius 1 is 1.58 bits per heavy atom. The van der Waals surface area contributed by atoms with Crippen LogP contribution >= 0.6 is 11.6 Å². The first kappa shape index (κ1) is 11.2. The van der Waals surface area contributed by atoms with Crippen molar-refractivity contribution in [3.05, 3.63) is 0 Å². The lowest BCUT2D eigenvalue weighted by molar-refractivity contribution is -0.119. The zero-order valence-electron chi connectivity index (χ0n) is 7.43. The quantitative estimate of drug-likeness (QED) is 0.658. The SMILES string of the molecule is CCN(C)C(=O)NC(=O)C(C)Cl. The van der Waals surface area contributed by atoms with Crippen molar-refractivity contribution >= 4 is 23.5 Å². The number of amides is 3. The fraction of sp³-hybridized carbons (Fsp3) is 0.714. The summed E-state index contributed by atoms with van der Waals surface area (Å²) in [5.74, 6) is -0.470. The third-order valence-corrected chi connectivity index (χ3v) is 1.61. The van der Waals surface area contributed by atoms with Crippen molar-refractivity contribution in [3.63, 3.8) is 0 Å². The third kappa shape index (κ3) is 3.57. The monoisotopic (exact) mass is 192 g/mol. The lowest BCUT2D eigenvalue weighted by Gasteiger charge is -2.14. The number of nitrogens with one attached hydrogen (secondary N) is 1. The molecule has 0 fully saturated rings. The number of urea groups is 1. The van der Waals surface area contributed by atoms with Crippen LogP contribution in [0, 0.1) is 0 Å². The van der Waals surface area contributed by atoms with Crippen LogP contribution in [0.15, 0.2) is 0 Å². The first-order valence-corrected chi connectivity index (χ1v) is 4.12. The molecule has 12 heavy (non-hydrogen) atoms. The summed E-state index contributed by atoms with van der Waals surface area (Å²) in [5.41, 5.74) is 0. The fourth-order valence-corrected chi connectivity index (χ4v) is 0.498. The Hall–Kier alpha value is -0.770. The number of alkyl halides is 1. The van der Waals surface area contributed by atoms with Crippen molar-refractivity contribution in [2.24, 2.45) is 0 Å². The molecule has 0 saturated heterocycles. The Bertz CT molecular complexity index is 182. The number of rotatable bonds is 2.